The Morgan fingerprint density at radius 1 is 1.37 bits per heavy atom. The van der Waals surface area contributed by atoms with Crippen molar-refractivity contribution in [1.29, 1.82) is 0 Å². The molecule has 0 saturated heterocycles. The molecule has 2 rings (SSSR count). The van der Waals surface area contributed by atoms with E-state index >= 15 is 0 Å². The van der Waals surface area contributed by atoms with Crippen molar-refractivity contribution in [3.8, 4) is 0 Å². The summed E-state index contributed by atoms with van der Waals surface area (Å²) in [6.45, 7) is 6.16. The van der Waals surface area contributed by atoms with Gasteiger partial charge in [0.15, 0.2) is 0 Å². The molecule has 2 amide bonds. The van der Waals surface area contributed by atoms with E-state index in [0.29, 0.717) is 13.0 Å². The van der Waals surface area contributed by atoms with Gasteiger partial charge in [0.25, 0.3) is 0 Å². The lowest BCUT2D eigenvalue weighted by Gasteiger charge is -2.18. The third-order valence-electron chi connectivity index (χ3n) is 3.36. The predicted octanol–water partition coefficient (Wildman–Crippen LogP) is 1.87. The second-order valence-corrected chi connectivity index (χ2v) is 6.03. The van der Waals surface area contributed by atoms with E-state index in [-0.39, 0.29) is 17.2 Å². The number of likely N-dealkylation sites (N-methyl/N-ethyl adjacent to an activating group) is 1. The van der Waals surface area contributed by atoms with Crippen LogP contribution in [-0.2, 0) is 22.6 Å². The number of anilines is 1. The van der Waals surface area contributed by atoms with Crippen LogP contribution in [0.25, 0.3) is 0 Å². The van der Waals surface area contributed by atoms with Crippen LogP contribution in [0.3, 0.4) is 0 Å². The number of nitrogens with one attached hydrogen (secondary N) is 1. The van der Waals surface area contributed by atoms with E-state index in [2.05, 4.69) is 5.32 Å². The predicted molar refractivity (Wildman–Crippen MR) is 74.9 cm³/mol. The van der Waals surface area contributed by atoms with Crippen LogP contribution in [-0.4, -0.2) is 18.9 Å². The van der Waals surface area contributed by atoms with Crippen LogP contribution in [0, 0.1) is 5.41 Å². The molecule has 0 radical (unpaired) electrons. The van der Waals surface area contributed by atoms with Crippen LogP contribution in [0.5, 0.6) is 0 Å². The summed E-state index contributed by atoms with van der Waals surface area (Å²) in [5, 5.41) is 2.92. The average Bonchev–Trinajstić information content (AvgIpc) is 2.60. The first-order chi connectivity index (χ1) is 8.79. The molecule has 102 valence electrons. The fourth-order valence-corrected chi connectivity index (χ4v) is 2.08. The van der Waals surface area contributed by atoms with Crippen molar-refractivity contribution >= 4 is 17.5 Å². The Morgan fingerprint density at radius 3 is 2.68 bits per heavy atom. The molecule has 1 aliphatic heterocycles. The molecule has 0 fully saturated rings. The summed E-state index contributed by atoms with van der Waals surface area (Å²) in [6.07, 6.45) is 0.451. The molecule has 0 atom stereocenters. The highest BCUT2D eigenvalue weighted by molar-refractivity contribution is 6.00. The fourth-order valence-electron chi connectivity index (χ4n) is 2.08. The van der Waals surface area contributed by atoms with Gasteiger partial charge in [-0.3, -0.25) is 9.59 Å². The lowest BCUT2D eigenvalue weighted by molar-refractivity contribution is -0.128. The molecule has 0 unspecified atom stereocenters. The molecule has 1 aromatic rings. The molecule has 0 bridgehead atoms. The molecule has 0 aliphatic carbocycles. The van der Waals surface area contributed by atoms with Crippen molar-refractivity contribution < 1.29 is 9.59 Å². The zero-order valence-electron chi connectivity index (χ0n) is 11.9. The van der Waals surface area contributed by atoms with Crippen molar-refractivity contribution in [2.45, 2.75) is 33.7 Å². The van der Waals surface area contributed by atoms with Crippen molar-refractivity contribution in [3.05, 3.63) is 29.3 Å². The van der Waals surface area contributed by atoms with Crippen LogP contribution >= 0.6 is 0 Å². The van der Waals surface area contributed by atoms with E-state index in [0.717, 1.165) is 16.8 Å². The molecule has 0 saturated carbocycles. The average molecular weight is 260 g/mol. The van der Waals surface area contributed by atoms with E-state index < -0.39 is 0 Å². The van der Waals surface area contributed by atoms with Gasteiger partial charge >= 0.3 is 0 Å². The molecule has 4 heteroatoms. The fraction of sp³-hybridized carbons (Fsp3) is 0.467. The molecule has 0 spiro atoms. The Bertz CT molecular complexity index is 529. The quantitative estimate of drug-likeness (QED) is 0.882. The highest BCUT2D eigenvalue weighted by Crippen LogP contribution is 2.28. The number of hydrogen-bond donors (Lipinski definition) is 1. The monoisotopic (exact) mass is 260 g/mol. The summed E-state index contributed by atoms with van der Waals surface area (Å²) < 4.78 is 0. The Balaban J connectivity index is 2.07. The van der Waals surface area contributed by atoms with Gasteiger partial charge in [-0.1, -0.05) is 32.9 Å². The highest BCUT2D eigenvalue weighted by Gasteiger charge is 2.24. The molecular formula is C15H20N2O2. The number of carbonyl (C=O) groups excluding carboxylic acids is 2. The third kappa shape index (κ3) is 2.78. The van der Waals surface area contributed by atoms with Crippen molar-refractivity contribution in [1.82, 2.24) is 5.32 Å². The van der Waals surface area contributed by atoms with Gasteiger partial charge in [0.2, 0.25) is 11.8 Å². The summed E-state index contributed by atoms with van der Waals surface area (Å²) >= 11 is 0. The second kappa shape index (κ2) is 4.68. The summed E-state index contributed by atoms with van der Waals surface area (Å²) in [6, 6.07) is 5.90. The van der Waals surface area contributed by atoms with E-state index in [1.807, 2.05) is 39.0 Å². The highest BCUT2D eigenvalue weighted by atomic mass is 16.2. The second-order valence-electron chi connectivity index (χ2n) is 6.03. The van der Waals surface area contributed by atoms with Gasteiger partial charge in [0, 0.05) is 24.7 Å². The number of amides is 2. The zero-order valence-corrected chi connectivity index (χ0v) is 11.9. The molecule has 1 aliphatic rings. The van der Waals surface area contributed by atoms with Gasteiger partial charge in [0.1, 0.15) is 0 Å². The summed E-state index contributed by atoms with van der Waals surface area (Å²) in [5.41, 5.74) is 2.65. The third-order valence-corrected chi connectivity index (χ3v) is 3.36. The van der Waals surface area contributed by atoms with Crippen LogP contribution < -0.4 is 10.2 Å². The molecular weight excluding hydrogens is 240 g/mol. The maximum Gasteiger partial charge on any atom is 0.231 e. The first-order valence-corrected chi connectivity index (χ1v) is 6.45. The molecule has 1 N–H and O–H groups in total. The van der Waals surface area contributed by atoms with Crippen molar-refractivity contribution in [3.63, 3.8) is 0 Å². The summed E-state index contributed by atoms with van der Waals surface area (Å²) in [5.74, 6) is 0.145. The minimum absolute atomic E-state index is 0.0289. The van der Waals surface area contributed by atoms with E-state index in [4.69, 9.17) is 0 Å². The number of carbonyl (C=O) groups is 2. The van der Waals surface area contributed by atoms with Gasteiger partial charge in [-0.05, 0) is 17.2 Å². The van der Waals surface area contributed by atoms with Crippen LogP contribution in [0.15, 0.2) is 18.2 Å². The lowest BCUT2D eigenvalue weighted by Crippen LogP contribution is -2.34. The van der Waals surface area contributed by atoms with Crippen LogP contribution in [0.2, 0.25) is 0 Å². The first kappa shape index (κ1) is 13.6. The Labute approximate surface area is 113 Å². The number of hydrogen-bond acceptors (Lipinski definition) is 2. The van der Waals surface area contributed by atoms with Crippen molar-refractivity contribution in [2.75, 3.05) is 11.9 Å². The van der Waals surface area contributed by atoms with Crippen LogP contribution in [0.1, 0.15) is 31.9 Å². The number of rotatable bonds is 2. The first-order valence-electron chi connectivity index (χ1n) is 6.45. The van der Waals surface area contributed by atoms with E-state index in [1.165, 1.54) is 0 Å². The molecule has 1 heterocycles. The summed E-state index contributed by atoms with van der Waals surface area (Å²) in [4.78, 5) is 25.1. The van der Waals surface area contributed by atoms with Crippen molar-refractivity contribution in [2.24, 2.45) is 5.41 Å². The smallest absolute Gasteiger partial charge is 0.231 e. The molecule has 19 heavy (non-hydrogen) atoms. The number of fused-ring (bicyclic) bond motifs is 1. The lowest BCUT2D eigenvalue weighted by atomic mass is 9.95. The standard InChI is InChI=1S/C15H20N2O2/c1-15(2,3)14(19)16-9-10-5-6-12-11(7-10)8-13(18)17(12)4/h5-7H,8-9H2,1-4H3,(H,16,19). The Hall–Kier alpha value is -1.84. The van der Waals surface area contributed by atoms with Gasteiger partial charge in [0.05, 0.1) is 6.42 Å². The number of nitrogens with zero attached hydrogens (tertiary/aromatic N) is 1. The van der Waals surface area contributed by atoms with Gasteiger partial charge < -0.3 is 10.2 Å². The topological polar surface area (TPSA) is 49.4 Å². The number of benzene rings is 1. The largest absolute Gasteiger partial charge is 0.352 e. The maximum atomic E-state index is 11.8. The molecule has 4 nitrogen and oxygen atoms in total. The summed E-state index contributed by atoms with van der Waals surface area (Å²) in [7, 11) is 1.79. The van der Waals surface area contributed by atoms with Crippen LogP contribution in [0.4, 0.5) is 5.69 Å². The Morgan fingerprint density at radius 2 is 2.05 bits per heavy atom. The Kier molecular flexibility index (Phi) is 3.35. The minimum atomic E-state index is -0.382. The van der Waals surface area contributed by atoms with E-state index in [1.54, 1.807) is 11.9 Å². The minimum Gasteiger partial charge on any atom is -0.352 e. The zero-order chi connectivity index (χ0) is 14.2. The molecule has 1 aromatic carbocycles. The van der Waals surface area contributed by atoms with Gasteiger partial charge in [-0.2, -0.15) is 0 Å². The van der Waals surface area contributed by atoms with Gasteiger partial charge in [-0.15, -0.1) is 0 Å². The molecule has 0 aromatic heterocycles. The maximum absolute atomic E-state index is 11.8. The normalized spacial score (nSPS) is 14.5. The van der Waals surface area contributed by atoms with Gasteiger partial charge in [-0.25, -0.2) is 0 Å². The SMILES string of the molecule is CN1C(=O)Cc2cc(CNC(=O)C(C)(C)C)ccc21. The van der Waals surface area contributed by atoms with E-state index in [9.17, 15) is 9.59 Å².